The van der Waals surface area contributed by atoms with E-state index >= 15 is 0 Å². The predicted octanol–water partition coefficient (Wildman–Crippen LogP) is 1.30. The van der Waals surface area contributed by atoms with Gasteiger partial charge in [0.15, 0.2) is 0 Å². The maximum Gasteiger partial charge on any atom is 0.0701 e. The average molecular weight is 263 g/mol. The molecule has 1 fully saturated rings. The highest BCUT2D eigenvalue weighted by Crippen LogP contribution is 2.19. The Balaban J connectivity index is 2.02. The van der Waals surface area contributed by atoms with Gasteiger partial charge in [0.25, 0.3) is 0 Å². The van der Waals surface area contributed by atoms with E-state index in [9.17, 15) is 0 Å². The van der Waals surface area contributed by atoms with Crippen molar-refractivity contribution in [2.45, 2.75) is 19.0 Å². The summed E-state index contributed by atoms with van der Waals surface area (Å²) in [7, 11) is 4.10. The molecule has 0 aromatic heterocycles. The number of benzene rings is 1. The van der Waals surface area contributed by atoms with Crippen LogP contribution in [0.2, 0.25) is 0 Å². The van der Waals surface area contributed by atoms with Crippen molar-refractivity contribution in [3.8, 4) is 0 Å². The molecule has 0 spiro atoms. The van der Waals surface area contributed by atoms with Gasteiger partial charge in [-0.15, -0.1) is 0 Å². The summed E-state index contributed by atoms with van der Waals surface area (Å²) in [6.07, 6.45) is 0.862. The Labute approximate surface area is 116 Å². The second-order valence-corrected chi connectivity index (χ2v) is 5.69. The summed E-state index contributed by atoms with van der Waals surface area (Å²) in [5.74, 6) is 0. The first kappa shape index (κ1) is 14.3. The third-order valence-electron chi connectivity index (χ3n) is 3.75. The van der Waals surface area contributed by atoms with Gasteiger partial charge < -0.3 is 15.4 Å². The highest BCUT2D eigenvalue weighted by molar-refractivity contribution is 5.46. The van der Waals surface area contributed by atoms with Crippen molar-refractivity contribution in [2.24, 2.45) is 5.73 Å². The number of nitrogens with two attached hydrogens (primary N) is 1. The first-order chi connectivity index (χ1) is 8.99. The minimum atomic E-state index is -0.302. The molecule has 1 unspecified atom stereocenters. The number of hydrogen-bond acceptors (Lipinski definition) is 4. The maximum absolute atomic E-state index is 6.48. The summed E-state index contributed by atoms with van der Waals surface area (Å²) in [6.45, 7) is 5.52. The average Bonchev–Trinajstić information content (AvgIpc) is 2.40. The molecule has 106 valence electrons. The van der Waals surface area contributed by atoms with Gasteiger partial charge in [-0.1, -0.05) is 12.1 Å². The van der Waals surface area contributed by atoms with E-state index in [-0.39, 0.29) is 5.66 Å². The fraction of sp³-hybridized carbons (Fsp3) is 0.600. The largest absolute Gasteiger partial charge is 0.379 e. The van der Waals surface area contributed by atoms with Crippen molar-refractivity contribution in [1.82, 2.24) is 4.90 Å². The van der Waals surface area contributed by atoms with Crippen LogP contribution in [0.15, 0.2) is 24.3 Å². The van der Waals surface area contributed by atoms with E-state index in [0.717, 1.165) is 32.7 Å². The third-order valence-corrected chi connectivity index (χ3v) is 3.75. The van der Waals surface area contributed by atoms with Crippen molar-refractivity contribution in [3.63, 3.8) is 0 Å². The Morgan fingerprint density at radius 3 is 2.32 bits per heavy atom. The van der Waals surface area contributed by atoms with Crippen LogP contribution >= 0.6 is 0 Å². The van der Waals surface area contributed by atoms with Gasteiger partial charge in [-0.05, 0) is 24.6 Å². The van der Waals surface area contributed by atoms with Gasteiger partial charge in [-0.25, -0.2) is 0 Å². The lowest BCUT2D eigenvalue weighted by atomic mass is 9.99. The van der Waals surface area contributed by atoms with Crippen LogP contribution < -0.4 is 10.6 Å². The van der Waals surface area contributed by atoms with Crippen LogP contribution in [-0.2, 0) is 11.2 Å². The van der Waals surface area contributed by atoms with Crippen molar-refractivity contribution >= 4 is 5.69 Å². The third kappa shape index (κ3) is 3.69. The van der Waals surface area contributed by atoms with E-state index in [2.05, 4.69) is 55.1 Å². The molecule has 4 heteroatoms. The topological polar surface area (TPSA) is 41.7 Å². The molecule has 0 aliphatic carbocycles. The Hall–Kier alpha value is -1.10. The van der Waals surface area contributed by atoms with Gasteiger partial charge in [-0.2, -0.15) is 0 Å². The fourth-order valence-corrected chi connectivity index (χ4v) is 2.51. The monoisotopic (exact) mass is 263 g/mol. The molecule has 0 amide bonds. The molecule has 0 saturated carbocycles. The van der Waals surface area contributed by atoms with Gasteiger partial charge in [-0.3, -0.25) is 4.90 Å². The minimum Gasteiger partial charge on any atom is -0.379 e. The Morgan fingerprint density at radius 2 is 1.79 bits per heavy atom. The van der Waals surface area contributed by atoms with E-state index in [4.69, 9.17) is 10.5 Å². The van der Waals surface area contributed by atoms with Gasteiger partial charge >= 0.3 is 0 Å². The number of nitrogens with zero attached hydrogens (tertiary/aromatic N) is 2. The molecular formula is C15H25N3O. The summed E-state index contributed by atoms with van der Waals surface area (Å²) < 4.78 is 5.38. The van der Waals surface area contributed by atoms with Crippen LogP contribution in [0.5, 0.6) is 0 Å². The van der Waals surface area contributed by atoms with Crippen LogP contribution in [0.1, 0.15) is 12.5 Å². The molecule has 4 nitrogen and oxygen atoms in total. The number of hydrogen-bond donors (Lipinski definition) is 1. The zero-order valence-electron chi connectivity index (χ0n) is 12.2. The van der Waals surface area contributed by atoms with Crippen LogP contribution in [0.25, 0.3) is 0 Å². The molecule has 19 heavy (non-hydrogen) atoms. The predicted molar refractivity (Wildman–Crippen MR) is 79.5 cm³/mol. The summed E-state index contributed by atoms with van der Waals surface area (Å²) in [6, 6.07) is 8.62. The second kappa shape index (κ2) is 5.90. The number of ether oxygens (including phenoxy) is 1. The summed E-state index contributed by atoms with van der Waals surface area (Å²) >= 11 is 0. The number of anilines is 1. The van der Waals surface area contributed by atoms with E-state index in [1.165, 1.54) is 11.3 Å². The molecule has 2 N–H and O–H groups in total. The lowest BCUT2D eigenvalue weighted by molar-refractivity contribution is -0.0142. The maximum atomic E-state index is 6.48. The van der Waals surface area contributed by atoms with Crippen LogP contribution in [0.4, 0.5) is 5.69 Å². The fourth-order valence-electron chi connectivity index (χ4n) is 2.51. The van der Waals surface area contributed by atoms with Gasteiger partial charge in [0.05, 0.1) is 18.9 Å². The molecule has 1 aliphatic rings. The molecule has 0 radical (unpaired) electrons. The molecule has 1 aromatic carbocycles. The zero-order chi connectivity index (χ0) is 13.9. The lowest BCUT2D eigenvalue weighted by Gasteiger charge is -2.40. The van der Waals surface area contributed by atoms with Gasteiger partial charge in [0.1, 0.15) is 0 Å². The van der Waals surface area contributed by atoms with E-state index < -0.39 is 0 Å². The Kier molecular flexibility index (Phi) is 4.45. The standard InChI is InChI=1S/C15H25N3O/c1-15(16,18-8-10-19-11-9-18)12-13-4-6-14(7-5-13)17(2)3/h4-7H,8-12,16H2,1-3H3. The first-order valence-corrected chi connectivity index (χ1v) is 6.87. The van der Waals surface area contributed by atoms with Crippen LogP contribution in [-0.4, -0.2) is 51.0 Å². The minimum absolute atomic E-state index is 0.302. The van der Waals surface area contributed by atoms with E-state index in [1.54, 1.807) is 0 Å². The summed E-state index contributed by atoms with van der Waals surface area (Å²) in [5, 5.41) is 0. The van der Waals surface area contributed by atoms with Crippen molar-refractivity contribution < 1.29 is 4.74 Å². The first-order valence-electron chi connectivity index (χ1n) is 6.87. The second-order valence-electron chi connectivity index (χ2n) is 5.69. The zero-order valence-corrected chi connectivity index (χ0v) is 12.2. The molecule has 1 heterocycles. The van der Waals surface area contributed by atoms with Crippen LogP contribution in [0, 0.1) is 0 Å². The molecular weight excluding hydrogens is 238 g/mol. The molecule has 2 rings (SSSR count). The van der Waals surface area contributed by atoms with E-state index in [0.29, 0.717) is 0 Å². The van der Waals surface area contributed by atoms with Gasteiger partial charge in [0, 0.05) is 39.3 Å². The Bertz CT molecular complexity index is 394. The highest BCUT2D eigenvalue weighted by Gasteiger charge is 2.28. The quantitative estimate of drug-likeness (QED) is 0.889. The molecule has 0 bridgehead atoms. The number of rotatable bonds is 4. The summed E-state index contributed by atoms with van der Waals surface area (Å²) in [4.78, 5) is 4.42. The molecule has 1 atom stereocenters. The van der Waals surface area contributed by atoms with Crippen molar-refractivity contribution in [1.29, 1.82) is 0 Å². The molecule has 1 saturated heterocycles. The molecule has 1 aromatic rings. The van der Waals surface area contributed by atoms with E-state index in [1.807, 2.05) is 0 Å². The van der Waals surface area contributed by atoms with Crippen LogP contribution in [0.3, 0.4) is 0 Å². The summed E-state index contributed by atoms with van der Waals surface area (Å²) in [5.41, 5.74) is 8.68. The normalized spacial score (nSPS) is 20.0. The van der Waals surface area contributed by atoms with Crippen molar-refractivity contribution in [3.05, 3.63) is 29.8 Å². The Morgan fingerprint density at radius 1 is 1.21 bits per heavy atom. The molecule has 1 aliphatic heterocycles. The SMILES string of the molecule is CN(C)c1ccc(CC(C)(N)N2CCOCC2)cc1. The van der Waals surface area contributed by atoms with Gasteiger partial charge in [0.2, 0.25) is 0 Å². The smallest absolute Gasteiger partial charge is 0.0701 e. The lowest BCUT2D eigenvalue weighted by Crippen LogP contribution is -2.58. The highest BCUT2D eigenvalue weighted by atomic mass is 16.5. The number of morpholine rings is 1. The van der Waals surface area contributed by atoms with Crippen molar-refractivity contribution in [2.75, 3.05) is 45.3 Å².